The topological polar surface area (TPSA) is 40.6 Å². The lowest BCUT2D eigenvalue weighted by atomic mass is 10.3. The number of hydrogen-bond donors (Lipinski definition) is 0. The van der Waals surface area contributed by atoms with Gasteiger partial charge in [0.2, 0.25) is 0 Å². The van der Waals surface area contributed by atoms with Crippen LogP contribution in [-0.2, 0) is 0 Å². The molecule has 2 atom stereocenters. The van der Waals surface area contributed by atoms with Crippen LogP contribution in [0.2, 0.25) is 0 Å². The summed E-state index contributed by atoms with van der Waals surface area (Å²) in [6, 6.07) is 7.68. The second kappa shape index (κ2) is 7.88. The van der Waals surface area contributed by atoms with E-state index in [1.807, 2.05) is 36.6 Å². The number of hydrogen-bond acceptors (Lipinski definition) is 5. The molecule has 114 valence electrons. The average molecular weight is 307 g/mol. The maximum Gasteiger partial charge on any atom is 0.273 e. The zero-order valence-electron chi connectivity index (χ0n) is 12.6. The monoisotopic (exact) mass is 307 g/mol. The van der Waals surface area contributed by atoms with E-state index in [9.17, 15) is 0 Å². The predicted molar refractivity (Wildman–Crippen MR) is 84.5 cm³/mol. The van der Waals surface area contributed by atoms with E-state index in [1.54, 1.807) is 6.20 Å². The van der Waals surface area contributed by atoms with Crippen LogP contribution in [0.3, 0.4) is 0 Å². The summed E-state index contributed by atoms with van der Waals surface area (Å²) in [6.07, 6.45) is 2.89. The van der Waals surface area contributed by atoms with E-state index in [4.69, 9.17) is 14.2 Å². The molecule has 2 aromatic rings. The molecule has 0 saturated heterocycles. The quantitative estimate of drug-likeness (QED) is 0.734. The fraction of sp³-hybridized carbons (Fsp3) is 0.438. The van der Waals surface area contributed by atoms with Crippen molar-refractivity contribution in [3.63, 3.8) is 0 Å². The van der Waals surface area contributed by atoms with Gasteiger partial charge < -0.3 is 14.2 Å². The smallest absolute Gasteiger partial charge is 0.273 e. The Morgan fingerprint density at radius 2 is 1.67 bits per heavy atom. The summed E-state index contributed by atoms with van der Waals surface area (Å²) in [5, 5.41) is 2.56. The molecule has 0 spiro atoms. The van der Waals surface area contributed by atoms with Crippen LogP contribution in [0.5, 0.6) is 16.7 Å². The highest BCUT2D eigenvalue weighted by molar-refractivity contribution is 7.11. The van der Waals surface area contributed by atoms with Crippen molar-refractivity contribution in [2.45, 2.75) is 39.4 Å². The molecule has 0 bridgehead atoms. The Balaban J connectivity index is 1.79. The number of benzene rings is 1. The second-order valence-electron chi connectivity index (χ2n) is 4.85. The summed E-state index contributed by atoms with van der Waals surface area (Å²) in [5.74, 6) is 1.67. The Labute approximate surface area is 129 Å². The van der Waals surface area contributed by atoms with Crippen molar-refractivity contribution in [3.05, 3.63) is 35.8 Å². The molecule has 1 aromatic heterocycles. The first-order chi connectivity index (χ1) is 10.2. The van der Waals surface area contributed by atoms with Gasteiger partial charge in [-0.1, -0.05) is 18.3 Å². The maximum atomic E-state index is 5.80. The molecule has 0 aliphatic rings. The molecular formula is C16H21NO3S. The van der Waals surface area contributed by atoms with Crippen LogP contribution >= 0.6 is 11.3 Å². The molecule has 0 radical (unpaired) electrons. The van der Waals surface area contributed by atoms with Crippen molar-refractivity contribution in [2.24, 2.45) is 0 Å². The summed E-state index contributed by atoms with van der Waals surface area (Å²) >= 11 is 1.48. The molecule has 0 fully saturated rings. The summed E-state index contributed by atoms with van der Waals surface area (Å²) in [7, 11) is 0. The van der Waals surface area contributed by atoms with Crippen molar-refractivity contribution in [2.75, 3.05) is 6.61 Å². The van der Waals surface area contributed by atoms with Crippen molar-refractivity contribution >= 4 is 11.3 Å². The summed E-state index contributed by atoms with van der Waals surface area (Å²) in [4.78, 5) is 4.07. The Kier molecular flexibility index (Phi) is 5.87. The molecule has 0 aliphatic heterocycles. The third-order valence-corrected chi connectivity index (χ3v) is 3.61. The molecule has 0 saturated carbocycles. The van der Waals surface area contributed by atoms with Crippen molar-refractivity contribution in [1.29, 1.82) is 0 Å². The van der Waals surface area contributed by atoms with Crippen LogP contribution in [0.25, 0.3) is 0 Å². The first-order valence-corrected chi connectivity index (χ1v) is 8.01. The minimum atomic E-state index is -0.0461. The fourth-order valence-electron chi connectivity index (χ4n) is 1.65. The van der Waals surface area contributed by atoms with E-state index in [-0.39, 0.29) is 12.2 Å². The predicted octanol–water partition coefficient (Wildman–Crippen LogP) is 4.17. The Morgan fingerprint density at radius 1 is 1.05 bits per heavy atom. The fourth-order valence-corrected chi connectivity index (χ4v) is 2.14. The van der Waals surface area contributed by atoms with Crippen molar-refractivity contribution < 1.29 is 14.2 Å². The second-order valence-corrected chi connectivity index (χ2v) is 5.70. The molecule has 1 heterocycles. The number of ether oxygens (including phenoxy) is 3. The zero-order chi connectivity index (χ0) is 15.1. The first-order valence-electron chi connectivity index (χ1n) is 7.13. The van der Waals surface area contributed by atoms with Gasteiger partial charge >= 0.3 is 0 Å². The highest BCUT2D eigenvalue weighted by atomic mass is 32.1. The van der Waals surface area contributed by atoms with E-state index in [0.29, 0.717) is 11.8 Å². The van der Waals surface area contributed by atoms with Gasteiger partial charge in [-0.15, -0.1) is 0 Å². The van der Waals surface area contributed by atoms with Gasteiger partial charge in [-0.2, -0.15) is 0 Å². The van der Waals surface area contributed by atoms with Crippen LogP contribution in [-0.4, -0.2) is 23.8 Å². The van der Waals surface area contributed by atoms with Crippen LogP contribution in [0.15, 0.2) is 35.8 Å². The van der Waals surface area contributed by atoms with Gasteiger partial charge in [0.1, 0.15) is 24.2 Å². The molecule has 21 heavy (non-hydrogen) atoms. The highest BCUT2D eigenvalue weighted by Crippen LogP contribution is 2.20. The Hall–Kier alpha value is -1.75. The average Bonchev–Trinajstić information content (AvgIpc) is 3.00. The molecule has 5 heteroatoms. The van der Waals surface area contributed by atoms with Crippen LogP contribution in [0.4, 0.5) is 0 Å². The summed E-state index contributed by atoms with van der Waals surface area (Å²) in [6.45, 7) is 6.60. The molecule has 4 nitrogen and oxygen atoms in total. The van der Waals surface area contributed by atoms with Gasteiger partial charge in [-0.3, -0.25) is 0 Å². The minimum absolute atomic E-state index is 0.0461. The summed E-state index contributed by atoms with van der Waals surface area (Å²) in [5.41, 5.74) is 0. The van der Waals surface area contributed by atoms with Gasteiger partial charge in [-0.25, -0.2) is 4.98 Å². The van der Waals surface area contributed by atoms with E-state index in [2.05, 4.69) is 18.8 Å². The Bertz CT molecular complexity index is 513. The van der Waals surface area contributed by atoms with Gasteiger partial charge in [0.05, 0.1) is 6.10 Å². The van der Waals surface area contributed by atoms with E-state index in [0.717, 1.165) is 17.9 Å². The lowest BCUT2D eigenvalue weighted by Gasteiger charge is -2.16. The lowest BCUT2D eigenvalue weighted by molar-refractivity contribution is 0.142. The maximum absolute atomic E-state index is 5.80. The Morgan fingerprint density at radius 3 is 2.19 bits per heavy atom. The largest absolute Gasteiger partial charge is 0.491 e. The zero-order valence-corrected chi connectivity index (χ0v) is 13.4. The van der Waals surface area contributed by atoms with E-state index in [1.165, 1.54) is 11.3 Å². The standard InChI is InChI=1S/C16H21NO3S/c1-4-12(2)19-14-5-7-15(8-6-14)20-13(3)11-18-16-17-9-10-21-16/h5-10,12-13H,4,11H2,1-3H3. The highest BCUT2D eigenvalue weighted by Gasteiger charge is 2.07. The normalized spacial score (nSPS) is 13.5. The van der Waals surface area contributed by atoms with Gasteiger partial charge in [0.15, 0.2) is 0 Å². The van der Waals surface area contributed by atoms with Crippen LogP contribution < -0.4 is 14.2 Å². The molecule has 0 aliphatic carbocycles. The minimum Gasteiger partial charge on any atom is -0.491 e. The number of aromatic nitrogens is 1. The third kappa shape index (κ3) is 5.27. The van der Waals surface area contributed by atoms with E-state index >= 15 is 0 Å². The lowest BCUT2D eigenvalue weighted by Crippen LogP contribution is -2.21. The third-order valence-electron chi connectivity index (χ3n) is 2.92. The molecule has 2 unspecified atom stereocenters. The van der Waals surface area contributed by atoms with E-state index < -0.39 is 0 Å². The van der Waals surface area contributed by atoms with Crippen LogP contribution in [0, 0.1) is 0 Å². The van der Waals surface area contributed by atoms with Gasteiger partial charge in [0, 0.05) is 11.6 Å². The molecular weight excluding hydrogens is 286 g/mol. The van der Waals surface area contributed by atoms with Gasteiger partial charge in [-0.05, 0) is 44.5 Å². The van der Waals surface area contributed by atoms with Crippen molar-refractivity contribution in [1.82, 2.24) is 4.98 Å². The van der Waals surface area contributed by atoms with Crippen LogP contribution in [0.1, 0.15) is 27.2 Å². The van der Waals surface area contributed by atoms with Crippen molar-refractivity contribution in [3.8, 4) is 16.7 Å². The molecule has 0 amide bonds. The molecule has 0 N–H and O–H groups in total. The SMILES string of the molecule is CCC(C)Oc1ccc(OC(C)COc2nccs2)cc1. The number of rotatable bonds is 8. The number of thiazole rings is 1. The number of nitrogens with zero attached hydrogens (tertiary/aromatic N) is 1. The summed E-state index contributed by atoms with van der Waals surface area (Å²) < 4.78 is 17.1. The van der Waals surface area contributed by atoms with Gasteiger partial charge in [0.25, 0.3) is 5.19 Å². The molecule has 2 rings (SSSR count). The molecule has 1 aromatic carbocycles. The first kappa shape index (κ1) is 15.6.